The van der Waals surface area contributed by atoms with Gasteiger partial charge in [-0.2, -0.15) is 0 Å². The minimum Gasteiger partial charge on any atom is -0.337 e. The summed E-state index contributed by atoms with van der Waals surface area (Å²) < 4.78 is 1.04. The van der Waals surface area contributed by atoms with Crippen molar-refractivity contribution in [3.63, 3.8) is 0 Å². The third kappa shape index (κ3) is 3.13. The average molecular weight is 345 g/mol. The fraction of sp³-hybridized carbons (Fsp3) is 0.154. The third-order valence-corrected chi connectivity index (χ3v) is 4.48. The quantitative estimate of drug-likeness (QED) is 0.806. The first-order valence-electron chi connectivity index (χ1n) is 5.31. The molecular weight excluding hydrogens is 334 g/mol. The maximum Gasteiger partial charge on any atom is 0.255 e. The molecule has 1 aromatic heterocycles. The van der Waals surface area contributed by atoms with E-state index in [1.54, 1.807) is 35.4 Å². The SMILES string of the molecule is CN(Cc1cc(Br)cs1)C(=O)c1ccccc1Cl. The van der Waals surface area contributed by atoms with Crippen molar-refractivity contribution < 1.29 is 4.79 Å². The molecule has 1 heterocycles. The monoisotopic (exact) mass is 343 g/mol. The molecule has 0 atom stereocenters. The van der Waals surface area contributed by atoms with Crippen molar-refractivity contribution in [3.8, 4) is 0 Å². The first-order valence-corrected chi connectivity index (χ1v) is 7.36. The lowest BCUT2D eigenvalue weighted by Gasteiger charge is -2.16. The first kappa shape index (κ1) is 13.6. The maximum absolute atomic E-state index is 12.2. The molecule has 1 amide bonds. The Balaban J connectivity index is 2.12. The molecule has 0 spiro atoms. The maximum atomic E-state index is 12.2. The van der Waals surface area contributed by atoms with Gasteiger partial charge in [-0.05, 0) is 34.1 Å². The van der Waals surface area contributed by atoms with Crippen LogP contribution in [-0.4, -0.2) is 17.9 Å². The summed E-state index contributed by atoms with van der Waals surface area (Å²) in [6.07, 6.45) is 0. The largest absolute Gasteiger partial charge is 0.337 e. The zero-order valence-corrected chi connectivity index (χ0v) is 12.8. The molecule has 18 heavy (non-hydrogen) atoms. The number of carbonyl (C=O) groups is 1. The van der Waals surface area contributed by atoms with Crippen LogP contribution in [0.15, 0.2) is 40.2 Å². The van der Waals surface area contributed by atoms with E-state index in [0.717, 1.165) is 9.35 Å². The van der Waals surface area contributed by atoms with E-state index in [9.17, 15) is 4.79 Å². The molecule has 2 aromatic rings. The summed E-state index contributed by atoms with van der Waals surface area (Å²) in [4.78, 5) is 15.0. The van der Waals surface area contributed by atoms with Crippen LogP contribution in [0, 0.1) is 0 Å². The highest BCUT2D eigenvalue weighted by Gasteiger charge is 2.15. The molecule has 0 saturated carbocycles. The lowest BCUT2D eigenvalue weighted by molar-refractivity contribution is 0.0786. The highest BCUT2D eigenvalue weighted by molar-refractivity contribution is 9.10. The number of carbonyl (C=O) groups excluding carboxylic acids is 1. The minimum atomic E-state index is -0.0647. The van der Waals surface area contributed by atoms with Gasteiger partial charge in [-0.1, -0.05) is 23.7 Å². The number of nitrogens with zero attached hydrogens (tertiary/aromatic N) is 1. The van der Waals surface area contributed by atoms with Crippen LogP contribution >= 0.6 is 38.9 Å². The predicted molar refractivity (Wildman–Crippen MR) is 79.3 cm³/mol. The number of benzene rings is 1. The van der Waals surface area contributed by atoms with Crippen LogP contribution in [0.1, 0.15) is 15.2 Å². The van der Waals surface area contributed by atoms with Gasteiger partial charge in [0.2, 0.25) is 0 Å². The molecule has 0 bridgehead atoms. The van der Waals surface area contributed by atoms with E-state index in [0.29, 0.717) is 17.1 Å². The van der Waals surface area contributed by atoms with Gasteiger partial charge in [0, 0.05) is 21.8 Å². The Kier molecular flexibility index (Phi) is 4.43. The molecule has 94 valence electrons. The molecular formula is C13H11BrClNOS. The smallest absolute Gasteiger partial charge is 0.255 e. The third-order valence-electron chi connectivity index (χ3n) is 2.47. The standard InChI is InChI=1S/C13H11BrClNOS/c1-16(7-10-6-9(14)8-18-10)13(17)11-4-2-3-5-12(11)15/h2-6,8H,7H2,1H3. The Morgan fingerprint density at radius 3 is 2.78 bits per heavy atom. The Morgan fingerprint density at radius 2 is 2.17 bits per heavy atom. The van der Waals surface area contributed by atoms with Gasteiger partial charge >= 0.3 is 0 Å². The zero-order chi connectivity index (χ0) is 13.1. The van der Waals surface area contributed by atoms with E-state index in [-0.39, 0.29) is 5.91 Å². The summed E-state index contributed by atoms with van der Waals surface area (Å²) in [6.45, 7) is 0.584. The second-order valence-electron chi connectivity index (χ2n) is 3.87. The van der Waals surface area contributed by atoms with E-state index in [1.165, 1.54) is 0 Å². The molecule has 2 rings (SSSR count). The van der Waals surface area contributed by atoms with Gasteiger partial charge < -0.3 is 4.90 Å². The first-order chi connectivity index (χ1) is 8.58. The normalized spacial score (nSPS) is 10.4. The van der Waals surface area contributed by atoms with Crippen LogP contribution in [-0.2, 0) is 6.54 Å². The summed E-state index contributed by atoms with van der Waals surface area (Å²) in [5, 5.41) is 2.49. The van der Waals surface area contributed by atoms with E-state index in [2.05, 4.69) is 15.9 Å². The van der Waals surface area contributed by atoms with Gasteiger partial charge in [0.1, 0.15) is 0 Å². The van der Waals surface area contributed by atoms with E-state index < -0.39 is 0 Å². The second kappa shape index (κ2) is 5.87. The van der Waals surface area contributed by atoms with Crippen LogP contribution in [0.4, 0.5) is 0 Å². The molecule has 0 N–H and O–H groups in total. The van der Waals surface area contributed by atoms with Crippen molar-refractivity contribution in [2.45, 2.75) is 6.54 Å². The Morgan fingerprint density at radius 1 is 1.44 bits per heavy atom. The van der Waals surface area contributed by atoms with Crippen LogP contribution in [0.3, 0.4) is 0 Å². The summed E-state index contributed by atoms with van der Waals surface area (Å²) in [6, 6.07) is 9.11. The number of hydrogen-bond acceptors (Lipinski definition) is 2. The lowest BCUT2D eigenvalue weighted by atomic mass is 10.2. The predicted octanol–water partition coefficient (Wildman–Crippen LogP) is 4.44. The Hall–Kier alpha value is -0.840. The number of amides is 1. The molecule has 0 fully saturated rings. The number of halogens is 2. The van der Waals surface area contributed by atoms with Gasteiger partial charge in [0.05, 0.1) is 17.1 Å². The summed E-state index contributed by atoms with van der Waals surface area (Å²) in [7, 11) is 1.78. The van der Waals surface area contributed by atoms with Crippen LogP contribution in [0.2, 0.25) is 5.02 Å². The molecule has 0 unspecified atom stereocenters. The van der Waals surface area contributed by atoms with Gasteiger partial charge in [0.15, 0.2) is 0 Å². The Labute approximate surface area is 123 Å². The highest BCUT2D eigenvalue weighted by atomic mass is 79.9. The topological polar surface area (TPSA) is 20.3 Å². The fourth-order valence-electron chi connectivity index (χ4n) is 1.58. The van der Waals surface area contributed by atoms with Crippen molar-refractivity contribution in [1.29, 1.82) is 0 Å². The summed E-state index contributed by atoms with van der Waals surface area (Å²) >= 11 is 11.0. The zero-order valence-electron chi connectivity index (χ0n) is 9.69. The van der Waals surface area contributed by atoms with Gasteiger partial charge in [0.25, 0.3) is 5.91 Å². The molecule has 0 radical (unpaired) electrons. The number of hydrogen-bond donors (Lipinski definition) is 0. The van der Waals surface area contributed by atoms with Gasteiger partial charge in [-0.25, -0.2) is 0 Å². The molecule has 1 aromatic carbocycles. The second-order valence-corrected chi connectivity index (χ2v) is 6.19. The van der Waals surface area contributed by atoms with Crippen LogP contribution in [0.25, 0.3) is 0 Å². The Bertz CT molecular complexity index is 570. The minimum absolute atomic E-state index is 0.0647. The van der Waals surface area contributed by atoms with Crippen molar-refractivity contribution in [2.75, 3.05) is 7.05 Å². The fourth-order valence-corrected chi connectivity index (χ4v) is 3.30. The van der Waals surface area contributed by atoms with Crippen LogP contribution in [0.5, 0.6) is 0 Å². The average Bonchev–Trinajstić information content (AvgIpc) is 2.74. The molecule has 0 aliphatic heterocycles. The summed E-state index contributed by atoms with van der Waals surface area (Å²) in [5.41, 5.74) is 0.539. The van der Waals surface area contributed by atoms with Crippen molar-refractivity contribution >= 4 is 44.8 Å². The van der Waals surface area contributed by atoms with Crippen LogP contribution < -0.4 is 0 Å². The van der Waals surface area contributed by atoms with Crippen molar-refractivity contribution in [3.05, 3.63) is 55.6 Å². The van der Waals surface area contributed by atoms with Gasteiger partial charge in [-0.3, -0.25) is 4.79 Å². The molecule has 5 heteroatoms. The molecule has 0 aliphatic carbocycles. The summed E-state index contributed by atoms with van der Waals surface area (Å²) in [5.74, 6) is -0.0647. The molecule has 0 aliphatic rings. The number of thiophene rings is 1. The molecule has 2 nitrogen and oxygen atoms in total. The lowest BCUT2D eigenvalue weighted by Crippen LogP contribution is -2.26. The van der Waals surface area contributed by atoms with E-state index in [4.69, 9.17) is 11.6 Å². The highest BCUT2D eigenvalue weighted by Crippen LogP contribution is 2.22. The van der Waals surface area contributed by atoms with E-state index >= 15 is 0 Å². The van der Waals surface area contributed by atoms with Gasteiger partial charge in [-0.15, -0.1) is 11.3 Å². The van der Waals surface area contributed by atoms with E-state index in [1.807, 2.05) is 23.6 Å². The molecule has 0 saturated heterocycles. The number of rotatable bonds is 3. The van der Waals surface area contributed by atoms with Crippen molar-refractivity contribution in [1.82, 2.24) is 4.90 Å². The van der Waals surface area contributed by atoms with Crippen molar-refractivity contribution in [2.24, 2.45) is 0 Å².